The number of benzene rings is 1. The molecule has 5 nitrogen and oxygen atoms in total. The molecule has 1 aromatic carbocycles. The maximum absolute atomic E-state index is 12.0. The van der Waals surface area contributed by atoms with Gasteiger partial charge in [0.15, 0.2) is 0 Å². The summed E-state index contributed by atoms with van der Waals surface area (Å²) in [7, 11) is 2.17. The van der Waals surface area contributed by atoms with Crippen LogP contribution >= 0.6 is 11.3 Å². The fourth-order valence-electron chi connectivity index (χ4n) is 2.94. The van der Waals surface area contributed by atoms with Crippen LogP contribution in [0.5, 0.6) is 0 Å². The van der Waals surface area contributed by atoms with E-state index >= 15 is 0 Å². The molecule has 0 saturated carbocycles. The van der Waals surface area contributed by atoms with Crippen molar-refractivity contribution < 1.29 is 4.79 Å². The first-order valence-electron chi connectivity index (χ1n) is 8.73. The topological polar surface area (TPSA) is 48.5 Å². The molecule has 0 unspecified atom stereocenters. The van der Waals surface area contributed by atoms with Crippen LogP contribution in [0.1, 0.15) is 17.8 Å². The summed E-state index contributed by atoms with van der Waals surface area (Å²) in [5.41, 5.74) is 1.03. The van der Waals surface area contributed by atoms with Crippen LogP contribution in [0.15, 0.2) is 24.3 Å². The molecule has 2 aromatic rings. The predicted octanol–water partition coefficient (Wildman–Crippen LogP) is 1.98. The van der Waals surface area contributed by atoms with Gasteiger partial charge in [-0.1, -0.05) is 12.1 Å². The van der Waals surface area contributed by atoms with Crippen LogP contribution in [0.25, 0.3) is 10.2 Å². The summed E-state index contributed by atoms with van der Waals surface area (Å²) >= 11 is 1.68. The summed E-state index contributed by atoms with van der Waals surface area (Å²) in [6.45, 7) is 6.42. The Labute approximate surface area is 147 Å². The van der Waals surface area contributed by atoms with Crippen molar-refractivity contribution in [2.24, 2.45) is 0 Å². The van der Waals surface area contributed by atoms with Gasteiger partial charge in [0, 0.05) is 45.6 Å². The van der Waals surface area contributed by atoms with Crippen LogP contribution in [-0.2, 0) is 11.2 Å². The Bertz CT molecular complexity index is 631. The summed E-state index contributed by atoms with van der Waals surface area (Å²) in [5.74, 6) is 0.132. The molecular weight excluding hydrogens is 320 g/mol. The minimum Gasteiger partial charge on any atom is -0.356 e. The summed E-state index contributed by atoms with van der Waals surface area (Å²) in [6, 6.07) is 8.12. The molecule has 1 saturated heterocycles. The highest BCUT2D eigenvalue weighted by Crippen LogP contribution is 2.22. The number of likely N-dealkylation sites (N-methyl/N-ethyl adjacent to an activating group) is 1. The molecule has 3 rings (SSSR count). The Morgan fingerprint density at radius 3 is 2.83 bits per heavy atom. The molecule has 1 aliphatic rings. The third-order valence-electron chi connectivity index (χ3n) is 4.47. The normalized spacial score (nSPS) is 16.5. The van der Waals surface area contributed by atoms with Crippen LogP contribution in [0.2, 0.25) is 0 Å². The van der Waals surface area contributed by atoms with Gasteiger partial charge in [0.25, 0.3) is 0 Å². The summed E-state index contributed by atoms with van der Waals surface area (Å²) in [5, 5.41) is 4.08. The van der Waals surface area contributed by atoms with E-state index in [1.165, 1.54) is 4.70 Å². The lowest BCUT2D eigenvalue weighted by Crippen LogP contribution is -2.45. The third-order valence-corrected chi connectivity index (χ3v) is 5.57. The lowest BCUT2D eigenvalue weighted by atomic mass is 10.2. The van der Waals surface area contributed by atoms with Crippen molar-refractivity contribution in [1.29, 1.82) is 0 Å². The molecule has 1 aliphatic heterocycles. The fraction of sp³-hybridized carbons (Fsp3) is 0.556. The molecule has 0 aliphatic carbocycles. The average molecular weight is 347 g/mol. The van der Waals surface area contributed by atoms with E-state index in [-0.39, 0.29) is 5.91 Å². The van der Waals surface area contributed by atoms with E-state index in [0.29, 0.717) is 6.42 Å². The highest BCUT2D eigenvalue weighted by Gasteiger charge is 2.13. The molecule has 2 heterocycles. The number of fused-ring (bicyclic) bond motifs is 1. The Morgan fingerprint density at radius 1 is 1.25 bits per heavy atom. The number of carbonyl (C=O) groups is 1. The van der Waals surface area contributed by atoms with Crippen molar-refractivity contribution >= 4 is 27.5 Å². The lowest BCUT2D eigenvalue weighted by molar-refractivity contribution is -0.121. The first kappa shape index (κ1) is 17.3. The van der Waals surface area contributed by atoms with E-state index in [1.54, 1.807) is 11.3 Å². The largest absolute Gasteiger partial charge is 0.356 e. The molecule has 0 radical (unpaired) electrons. The zero-order valence-corrected chi connectivity index (χ0v) is 15.1. The number of amides is 1. The minimum absolute atomic E-state index is 0.132. The summed E-state index contributed by atoms with van der Waals surface area (Å²) in [4.78, 5) is 21.4. The van der Waals surface area contributed by atoms with Gasteiger partial charge in [0.2, 0.25) is 5.91 Å². The number of rotatable bonds is 7. The standard InChI is InChI=1S/C18H26N4OS/c1-21-11-13-22(14-12-21)10-4-9-19-17(23)7-8-18-20-15-5-2-3-6-16(15)24-18/h2-3,5-6H,4,7-14H2,1H3,(H,19,23). The zero-order valence-electron chi connectivity index (χ0n) is 14.3. The smallest absolute Gasteiger partial charge is 0.220 e. The minimum atomic E-state index is 0.132. The molecule has 24 heavy (non-hydrogen) atoms. The molecule has 1 fully saturated rings. The van der Waals surface area contributed by atoms with Crippen LogP contribution < -0.4 is 5.32 Å². The number of carbonyl (C=O) groups excluding carboxylic acids is 1. The first-order valence-corrected chi connectivity index (χ1v) is 9.54. The zero-order chi connectivity index (χ0) is 16.8. The third kappa shape index (κ3) is 5.00. The number of para-hydroxylation sites is 1. The van der Waals surface area contributed by atoms with Crippen molar-refractivity contribution in [1.82, 2.24) is 20.1 Å². The highest BCUT2D eigenvalue weighted by molar-refractivity contribution is 7.18. The van der Waals surface area contributed by atoms with Gasteiger partial charge in [-0.25, -0.2) is 4.98 Å². The predicted molar refractivity (Wildman–Crippen MR) is 99.5 cm³/mol. The number of nitrogens with one attached hydrogen (secondary N) is 1. The number of aromatic nitrogens is 1. The van der Waals surface area contributed by atoms with Crippen LogP contribution in [0, 0.1) is 0 Å². The monoisotopic (exact) mass is 346 g/mol. The van der Waals surface area contributed by atoms with Crippen LogP contribution in [0.3, 0.4) is 0 Å². The number of hydrogen-bond acceptors (Lipinski definition) is 5. The molecule has 0 bridgehead atoms. The first-order chi connectivity index (χ1) is 11.7. The quantitative estimate of drug-likeness (QED) is 0.779. The summed E-state index contributed by atoms with van der Waals surface area (Å²) < 4.78 is 1.19. The van der Waals surface area contributed by atoms with Crippen molar-refractivity contribution in [2.75, 3.05) is 46.3 Å². The lowest BCUT2D eigenvalue weighted by Gasteiger charge is -2.32. The van der Waals surface area contributed by atoms with E-state index < -0.39 is 0 Å². The van der Waals surface area contributed by atoms with Crippen LogP contribution in [0.4, 0.5) is 0 Å². The molecule has 0 spiro atoms. The molecule has 1 N–H and O–H groups in total. The summed E-state index contributed by atoms with van der Waals surface area (Å²) in [6.07, 6.45) is 2.27. The Morgan fingerprint density at radius 2 is 2.04 bits per heavy atom. The van der Waals surface area contributed by atoms with Gasteiger partial charge in [-0.15, -0.1) is 11.3 Å². The van der Waals surface area contributed by atoms with Crippen molar-refractivity contribution in [3.8, 4) is 0 Å². The highest BCUT2D eigenvalue weighted by atomic mass is 32.1. The fourth-order valence-corrected chi connectivity index (χ4v) is 3.90. The number of piperazine rings is 1. The van der Waals surface area contributed by atoms with Crippen molar-refractivity contribution in [3.05, 3.63) is 29.3 Å². The second-order valence-corrected chi connectivity index (χ2v) is 7.54. The maximum Gasteiger partial charge on any atom is 0.220 e. The number of thiazole rings is 1. The van der Waals surface area contributed by atoms with Crippen LogP contribution in [-0.4, -0.2) is 67.0 Å². The van der Waals surface area contributed by atoms with Gasteiger partial charge in [0.05, 0.1) is 15.2 Å². The molecule has 0 atom stereocenters. The van der Waals surface area contributed by atoms with Gasteiger partial charge < -0.3 is 15.1 Å². The van der Waals surface area contributed by atoms with Crippen molar-refractivity contribution in [3.63, 3.8) is 0 Å². The average Bonchev–Trinajstić information content (AvgIpc) is 3.01. The second-order valence-electron chi connectivity index (χ2n) is 6.42. The van der Waals surface area contributed by atoms with Gasteiger partial charge in [-0.3, -0.25) is 4.79 Å². The molecule has 6 heteroatoms. The Kier molecular flexibility index (Phi) is 6.18. The van der Waals surface area contributed by atoms with E-state index in [4.69, 9.17) is 0 Å². The van der Waals surface area contributed by atoms with Crippen molar-refractivity contribution in [2.45, 2.75) is 19.3 Å². The van der Waals surface area contributed by atoms with E-state index in [2.05, 4.69) is 33.2 Å². The number of hydrogen-bond donors (Lipinski definition) is 1. The number of nitrogens with zero attached hydrogens (tertiary/aromatic N) is 3. The molecule has 130 valence electrons. The van der Waals surface area contributed by atoms with E-state index in [1.807, 2.05) is 18.2 Å². The Balaban J connectivity index is 1.31. The van der Waals surface area contributed by atoms with Gasteiger partial charge in [-0.2, -0.15) is 0 Å². The van der Waals surface area contributed by atoms with E-state index in [9.17, 15) is 4.79 Å². The molecule has 1 aromatic heterocycles. The SMILES string of the molecule is CN1CCN(CCCNC(=O)CCc2nc3ccccc3s2)CC1. The van der Waals surface area contributed by atoms with E-state index in [0.717, 1.165) is 62.6 Å². The molecule has 1 amide bonds. The second kappa shape index (κ2) is 8.55. The maximum atomic E-state index is 12.0. The van der Waals surface area contributed by atoms with Gasteiger partial charge in [0.1, 0.15) is 0 Å². The molecular formula is C18H26N4OS. The van der Waals surface area contributed by atoms with Gasteiger partial charge >= 0.3 is 0 Å². The Hall–Kier alpha value is -1.50. The van der Waals surface area contributed by atoms with Gasteiger partial charge in [-0.05, 0) is 32.1 Å². The number of aryl methyl sites for hydroxylation is 1.